The Kier molecular flexibility index (Phi) is 24.3. The van der Waals surface area contributed by atoms with Crippen LogP contribution in [0.2, 0.25) is 0 Å². The Morgan fingerprint density at radius 2 is 1.20 bits per heavy atom. The molecule has 0 aromatic heterocycles. The number of hydrogen-bond donors (Lipinski definition) is 4. The Labute approximate surface area is 238 Å². The molecule has 2 aliphatic rings. The van der Waals surface area contributed by atoms with Crippen LogP contribution in [-0.2, 0) is 30.8 Å². The molecule has 1 saturated heterocycles. The molecule has 0 unspecified atom stereocenters. The maximum absolute atomic E-state index is 10.5. The number of primary amides is 2. The van der Waals surface area contributed by atoms with Gasteiger partial charge in [-0.2, -0.15) is 0 Å². The third-order valence-corrected chi connectivity index (χ3v) is 4.94. The van der Waals surface area contributed by atoms with Crippen LogP contribution in [0.3, 0.4) is 0 Å². The molecule has 0 aliphatic carbocycles. The van der Waals surface area contributed by atoms with Crippen molar-refractivity contribution in [1.29, 1.82) is 0 Å². The van der Waals surface area contributed by atoms with Gasteiger partial charge in [0, 0.05) is 24.9 Å². The predicted molar refractivity (Wildman–Crippen MR) is 151 cm³/mol. The molecular weight excluding hydrogens is 560 g/mol. The molecule has 14 heteroatoms. The molecule has 222 valence electrons. The Balaban J connectivity index is 0. The molecule has 1 fully saturated rings. The molecule has 2 heterocycles. The van der Waals surface area contributed by atoms with Gasteiger partial charge in [-0.15, -0.1) is 25.3 Å². The maximum Gasteiger partial charge on any atom is 0.425 e. The second kappa shape index (κ2) is 25.4. The lowest BCUT2D eigenvalue weighted by molar-refractivity contribution is -0.122. The first-order valence-electron chi connectivity index (χ1n) is 12.2. The maximum atomic E-state index is 10.5. The average Bonchev–Trinajstić information content (AvgIpc) is 2.91. The Morgan fingerprint density at radius 3 is 1.40 bits per heavy atom. The molecule has 12 nitrogen and oxygen atoms in total. The quantitative estimate of drug-likeness (QED) is 0.387. The normalized spacial score (nSPS) is 14.6. The van der Waals surface area contributed by atoms with Crippen LogP contribution in [0, 0.1) is 19.8 Å². The average molecular weight is 599 g/mol. The highest BCUT2D eigenvalue weighted by Crippen LogP contribution is 2.08. The minimum Gasteiger partial charge on any atom is -0.391 e. The topological polar surface area (TPSA) is 213 Å². The van der Waals surface area contributed by atoms with E-state index in [1.807, 2.05) is 36.4 Å². The van der Waals surface area contributed by atoms with E-state index in [0.29, 0.717) is 5.57 Å². The standard InChI is InChI=1S/2C7H8.C6H12N2O.C6H10N2O.2O3S/c2*1-7-5-3-2-4-6-7;2*7-6(9)5-2-1-3-8-4-5;2*1-4(2)3/h2*2-6H,1H3;5,8H,1-4H2,(H2,7,9);4,8H,1-3H2,(H2,7,9);;/t;;5-;;;/m..1.../s1. The van der Waals surface area contributed by atoms with E-state index in [0.717, 1.165) is 45.3 Å². The SMILES string of the molecule is Cc1ccccc1.Cc1ccccc1.NC(=O)C1=CNCCC1.NC(=O)[C@@H]1CCCNC1.O=S(=O)=O.O=S(=O)=O. The number of benzene rings is 2. The van der Waals surface area contributed by atoms with Gasteiger partial charge >= 0.3 is 21.2 Å². The monoisotopic (exact) mass is 598 g/mol. The largest absolute Gasteiger partial charge is 0.425 e. The second-order valence-electron chi connectivity index (χ2n) is 8.25. The van der Waals surface area contributed by atoms with E-state index < -0.39 is 21.2 Å². The van der Waals surface area contributed by atoms with E-state index in [1.165, 1.54) is 11.1 Å². The molecule has 0 radical (unpaired) electrons. The van der Waals surface area contributed by atoms with E-state index in [4.69, 9.17) is 36.7 Å². The van der Waals surface area contributed by atoms with Gasteiger partial charge in [-0.3, -0.25) is 9.59 Å². The van der Waals surface area contributed by atoms with Crippen molar-refractivity contribution in [2.24, 2.45) is 17.4 Å². The zero-order valence-corrected chi connectivity index (χ0v) is 24.2. The summed E-state index contributed by atoms with van der Waals surface area (Å²) < 4.78 is 50.7. The smallest absolute Gasteiger partial charge is 0.391 e. The number of hydrogen-bond acceptors (Lipinski definition) is 10. The van der Waals surface area contributed by atoms with Crippen molar-refractivity contribution < 1.29 is 34.8 Å². The van der Waals surface area contributed by atoms with Crippen molar-refractivity contribution >= 4 is 33.0 Å². The summed E-state index contributed by atoms with van der Waals surface area (Å²) in [5.74, 6) is -0.386. The van der Waals surface area contributed by atoms with Gasteiger partial charge in [0.2, 0.25) is 11.8 Å². The Morgan fingerprint density at radius 1 is 0.750 bits per heavy atom. The molecule has 0 spiro atoms. The van der Waals surface area contributed by atoms with Crippen LogP contribution in [0.15, 0.2) is 72.4 Å². The van der Waals surface area contributed by atoms with Gasteiger partial charge in [0.25, 0.3) is 0 Å². The number of carbonyl (C=O) groups excluding carboxylic acids is 2. The summed E-state index contributed by atoms with van der Waals surface area (Å²) in [5.41, 5.74) is 13.5. The second-order valence-corrected chi connectivity index (χ2v) is 9.07. The zero-order chi connectivity index (χ0) is 30.8. The van der Waals surface area contributed by atoms with Crippen molar-refractivity contribution in [3.8, 4) is 0 Å². The number of nitrogens with two attached hydrogens (primary N) is 2. The van der Waals surface area contributed by atoms with E-state index >= 15 is 0 Å². The summed E-state index contributed by atoms with van der Waals surface area (Å²) in [6.07, 6.45) is 5.57. The molecule has 2 aliphatic heterocycles. The molecule has 1 atom stereocenters. The van der Waals surface area contributed by atoms with Gasteiger partial charge in [-0.1, -0.05) is 71.8 Å². The summed E-state index contributed by atoms with van der Waals surface area (Å²) >= 11 is 0. The highest BCUT2D eigenvalue weighted by atomic mass is 32.2. The number of carbonyl (C=O) groups is 2. The third-order valence-electron chi connectivity index (χ3n) is 4.94. The first kappa shape index (κ1) is 38.3. The van der Waals surface area contributed by atoms with Crippen molar-refractivity contribution in [1.82, 2.24) is 10.6 Å². The first-order chi connectivity index (χ1) is 18.9. The van der Waals surface area contributed by atoms with Crippen LogP contribution < -0.4 is 22.1 Å². The van der Waals surface area contributed by atoms with Crippen molar-refractivity contribution in [2.45, 2.75) is 39.5 Å². The molecule has 2 aromatic carbocycles. The van der Waals surface area contributed by atoms with Crippen LogP contribution in [-0.4, -0.2) is 56.7 Å². The molecular formula is C26H38N4O8S2. The molecule has 4 rings (SSSR count). The number of piperidine rings is 1. The minimum absolute atomic E-state index is 0.0822. The summed E-state index contributed by atoms with van der Waals surface area (Å²) in [5, 5.41) is 6.07. The lowest BCUT2D eigenvalue weighted by atomic mass is 9.99. The summed E-state index contributed by atoms with van der Waals surface area (Å²) in [6.45, 7) is 6.93. The number of amides is 2. The van der Waals surface area contributed by atoms with Crippen molar-refractivity contribution in [3.05, 3.63) is 83.6 Å². The van der Waals surface area contributed by atoms with E-state index in [9.17, 15) is 9.59 Å². The van der Waals surface area contributed by atoms with E-state index in [-0.39, 0.29) is 17.7 Å². The molecule has 0 saturated carbocycles. The third kappa shape index (κ3) is 28.7. The van der Waals surface area contributed by atoms with E-state index in [1.54, 1.807) is 6.20 Å². The van der Waals surface area contributed by atoms with Gasteiger partial charge in [0.1, 0.15) is 0 Å². The van der Waals surface area contributed by atoms with Crippen LogP contribution in [0.4, 0.5) is 0 Å². The van der Waals surface area contributed by atoms with Crippen LogP contribution >= 0.6 is 0 Å². The van der Waals surface area contributed by atoms with Gasteiger partial charge in [-0.05, 0) is 46.1 Å². The summed E-state index contributed by atoms with van der Waals surface area (Å²) in [7, 11) is -6.22. The number of rotatable bonds is 2. The van der Waals surface area contributed by atoms with Crippen molar-refractivity contribution in [3.63, 3.8) is 0 Å². The van der Waals surface area contributed by atoms with Gasteiger partial charge < -0.3 is 22.1 Å². The van der Waals surface area contributed by atoms with Crippen LogP contribution in [0.25, 0.3) is 0 Å². The van der Waals surface area contributed by atoms with E-state index in [2.05, 4.69) is 48.7 Å². The minimum atomic E-state index is -3.11. The lowest BCUT2D eigenvalue weighted by Crippen LogP contribution is -2.37. The lowest BCUT2D eigenvalue weighted by Gasteiger charge is -2.18. The fraction of sp³-hybridized carbons (Fsp3) is 0.385. The fourth-order valence-electron chi connectivity index (χ4n) is 3.01. The Hall–Kier alpha value is -3.88. The summed E-state index contributed by atoms with van der Waals surface area (Å²) in [4.78, 5) is 21.0. The molecule has 0 bridgehead atoms. The highest BCUT2D eigenvalue weighted by molar-refractivity contribution is 7.59. The fourth-order valence-corrected chi connectivity index (χ4v) is 3.01. The number of aryl methyl sites for hydroxylation is 2. The van der Waals surface area contributed by atoms with Gasteiger partial charge in [-0.25, -0.2) is 0 Å². The van der Waals surface area contributed by atoms with Gasteiger partial charge in [0.05, 0.1) is 5.92 Å². The molecule has 40 heavy (non-hydrogen) atoms. The zero-order valence-electron chi connectivity index (χ0n) is 22.6. The molecule has 6 N–H and O–H groups in total. The number of nitrogens with one attached hydrogen (secondary N) is 2. The van der Waals surface area contributed by atoms with Crippen molar-refractivity contribution in [2.75, 3.05) is 19.6 Å². The van der Waals surface area contributed by atoms with Crippen LogP contribution in [0.1, 0.15) is 36.8 Å². The van der Waals surface area contributed by atoms with Crippen LogP contribution in [0.5, 0.6) is 0 Å². The Bertz CT molecular complexity index is 1140. The first-order valence-corrected chi connectivity index (χ1v) is 14.2. The highest BCUT2D eigenvalue weighted by Gasteiger charge is 2.17. The molecule has 2 amide bonds. The summed E-state index contributed by atoms with van der Waals surface area (Å²) in [6, 6.07) is 20.5. The predicted octanol–water partition coefficient (Wildman–Crippen LogP) is 1.19. The molecule has 2 aromatic rings. The van der Waals surface area contributed by atoms with Gasteiger partial charge in [0.15, 0.2) is 0 Å².